The van der Waals surface area contributed by atoms with Gasteiger partial charge in [-0.2, -0.15) is 0 Å². The van der Waals surface area contributed by atoms with Gasteiger partial charge in [0.2, 0.25) is 0 Å². The molecule has 0 amide bonds. The van der Waals surface area contributed by atoms with E-state index >= 15 is 0 Å². The largest absolute Gasteiger partial charge is 0.393 e. The second kappa shape index (κ2) is 3.86. The van der Waals surface area contributed by atoms with Crippen LogP contribution in [0.2, 0.25) is 0 Å². The minimum Gasteiger partial charge on any atom is -0.393 e. The first kappa shape index (κ1) is 13.2. The van der Waals surface area contributed by atoms with Gasteiger partial charge in [0.1, 0.15) is 0 Å². The van der Waals surface area contributed by atoms with Crippen molar-refractivity contribution in [3.8, 4) is 0 Å². The molecule has 2 unspecified atom stereocenters. The Labute approximate surface area is 97.5 Å². The maximum Gasteiger partial charge on any atom is 0.317 e. The SMILES string of the molecule is CC(C)(C)C1CC(C(C)(C)C)C(=O)OC1=O. The Balaban J connectivity index is 2.94. The Morgan fingerprint density at radius 1 is 0.875 bits per heavy atom. The minimum atomic E-state index is -0.363. The molecule has 0 aromatic carbocycles. The summed E-state index contributed by atoms with van der Waals surface area (Å²) in [5, 5.41) is 0. The summed E-state index contributed by atoms with van der Waals surface area (Å²) in [6.07, 6.45) is 0.602. The van der Waals surface area contributed by atoms with Gasteiger partial charge in [-0.3, -0.25) is 9.59 Å². The Kier molecular flexibility index (Phi) is 3.19. The average molecular weight is 226 g/mol. The molecule has 0 spiro atoms. The van der Waals surface area contributed by atoms with Crippen LogP contribution in [0.4, 0.5) is 0 Å². The Hall–Kier alpha value is -0.860. The molecule has 0 N–H and O–H groups in total. The van der Waals surface area contributed by atoms with Gasteiger partial charge in [-0.25, -0.2) is 0 Å². The fourth-order valence-corrected chi connectivity index (χ4v) is 2.08. The van der Waals surface area contributed by atoms with Gasteiger partial charge >= 0.3 is 11.9 Å². The first-order chi connectivity index (χ1) is 7.03. The molecule has 0 aliphatic carbocycles. The number of carbonyl (C=O) groups excluding carboxylic acids is 2. The van der Waals surface area contributed by atoms with Gasteiger partial charge in [-0.05, 0) is 17.3 Å². The predicted molar refractivity (Wildman–Crippen MR) is 61.6 cm³/mol. The molecule has 0 saturated carbocycles. The molecule has 0 aromatic heterocycles. The van der Waals surface area contributed by atoms with Crippen LogP contribution in [0, 0.1) is 22.7 Å². The van der Waals surface area contributed by atoms with E-state index in [0.29, 0.717) is 6.42 Å². The summed E-state index contributed by atoms with van der Waals surface area (Å²) in [6.45, 7) is 12.1. The smallest absolute Gasteiger partial charge is 0.317 e. The van der Waals surface area contributed by atoms with Crippen LogP contribution in [-0.4, -0.2) is 11.9 Å². The second-order valence-electron chi connectivity index (χ2n) is 6.81. The topological polar surface area (TPSA) is 43.4 Å². The van der Waals surface area contributed by atoms with Crippen molar-refractivity contribution in [2.24, 2.45) is 22.7 Å². The van der Waals surface area contributed by atoms with E-state index in [9.17, 15) is 9.59 Å². The highest BCUT2D eigenvalue weighted by atomic mass is 16.6. The van der Waals surface area contributed by atoms with E-state index in [4.69, 9.17) is 4.74 Å². The number of carbonyl (C=O) groups is 2. The molecule has 1 fully saturated rings. The van der Waals surface area contributed by atoms with Crippen molar-refractivity contribution in [3.63, 3.8) is 0 Å². The molecular weight excluding hydrogens is 204 g/mol. The highest BCUT2D eigenvalue weighted by Crippen LogP contribution is 2.42. The van der Waals surface area contributed by atoms with Crippen LogP contribution in [0.3, 0.4) is 0 Å². The molecule has 0 bridgehead atoms. The fraction of sp³-hybridized carbons (Fsp3) is 0.846. The lowest BCUT2D eigenvalue weighted by Gasteiger charge is -2.39. The molecule has 1 rings (SSSR count). The van der Waals surface area contributed by atoms with E-state index in [2.05, 4.69) is 0 Å². The lowest BCUT2D eigenvalue weighted by molar-refractivity contribution is -0.179. The van der Waals surface area contributed by atoms with Gasteiger partial charge in [-0.15, -0.1) is 0 Å². The lowest BCUT2D eigenvalue weighted by atomic mass is 9.68. The minimum absolute atomic E-state index is 0.152. The Bertz CT molecular complexity index is 274. The quantitative estimate of drug-likeness (QED) is 0.471. The number of ether oxygens (including phenoxy) is 1. The zero-order valence-corrected chi connectivity index (χ0v) is 11.1. The first-order valence-electron chi connectivity index (χ1n) is 5.79. The number of cyclic esters (lactones) is 2. The summed E-state index contributed by atoms with van der Waals surface area (Å²) in [7, 11) is 0. The van der Waals surface area contributed by atoms with Gasteiger partial charge < -0.3 is 4.74 Å². The Morgan fingerprint density at radius 3 is 1.44 bits per heavy atom. The van der Waals surface area contributed by atoms with Gasteiger partial charge in [0.05, 0.1) is 11.8 Å². The predicted octanol–water partition coefficient (Wildman–Crippen LogP) is 2.78. The zero-order chi connectivity index (χ0) is 12.7. The van der Waals surface area contributed by atoms with Crippen molar-refractivity contribution in [1.82, 2.24) is 0 Å². The van der Waals surface area contributed by atoms with E-state index in [-0.39, 0.29) is 34.6 Å². The number of hydrogen-bond donors (Lipinski definition) is 0. The molecule has 1 heterocycles. The normalized spacial score (nSPS) is 27.9. The van der Waals surface area contributed by atoms with Gasteiger partial charge in [-0.1, -0.05) is 41.5 Å². The van der Waals surface area contributed by atoms with E-state index in [0.717, 1.165) is 0 Å². The average Bonchev–Trinajstić information content (AvgIpc) is 1.97. The number of rotatable bonds is 0. The standard InChI is InChI=1S/C13H22O3/c1-12(2,3)8-7-9(13(4,5)6)11(15)16-10(8)14/h8-9H,7H2,1-6H3. The van der Waals surface area contributed by atoms with Gasteiger partial charge in [0.15, 0.2) is 0 Å². The molecule has 0 aromatic rings. The molecule has 2 atom stereocenters. The third-order valence-corrected chi connectivity index (χ3v) is 3.33. The van der Waals surface area contributed by atoms with Crippen LogP contribution in [0.15, 0.2) is 0 Å². The molecule has 0 radical (unpaired) electrons. The van der Waals surface area contributed by atoms with Crippen LogP contribution >= 0.6 is 0 Å². The summed E-state index contributed by atoms with van der Waals surface area (Å²) in [5.41, 5.74) is -0.303. The van der Waals surface area contributed by atoms with E-state index < -0.39 is 0 Å². The number of esters is 2. The van der Waals surface area contributed by atoms with Crippen molar-refractivity contribution < 1.29 is 14.3 Å². The molecule has 3 heteroatoms. The van der Waals surface area contributed by atoms with Crippen molar-refractivity contribution in [2.45, 2.75) is 48.0 Å². The summed E-state index contributed by atoms with van der Waals surface area (Å²) in [6, 6.07) is 0. The van der Waals surface area contributed by atoms with Crippen molar-refractivity contribution >= 4 is 11.9 Å². The monoisotopic (exact) mass is 226 g/mol. The highest BCUT2D eigenvalue weighted by molar-refractivity contribution is 5.91. The molecule has 3 nitrogen and oxygen atoms in total. The van der Waals surface area contributed by atoms with Crippen molar-refractivity contribution in [1.29, 1.82) is 0 Å². The summed E-state index contributed by atoms with van der Waals surface area (Å²) < 4.78 is 4.89. The third-order valence-electron chi connectivity index (χ3n) is 3.33. The van der Waals surface area contributed by atoms with Crippen molar-refractivity contribution in [3.05, 3.63) is 0 Å². The van der Waals surface area contributed by atoms with Crippen LogP contribution in [0.1, 0.15) is 48.0 Å². The van der Waals surface area contributed by atoms with E-state index in [1.165, 1.54) is 0 Å². The van der Waals surface area contributed by atoms with E-state index in [1.807, 2.05) is 41.5 Å². The summed E-state index contributed by atoms with van der Waals surface area (Å²) in [4.78, 5) is 23.4. The molecular formula is C13H22O3. The third kappa shape index (κ3) is 2.63. The zero-order valence-electron chi connectivity index (χ0n) is 11.1. The molecule has 16 heavy (non-hydrogen) atoms. The molecule has 1 aliphatic heterocycles. The first-order valence-corrected chi connectivity index (χ1v) is 5.79. The second-order valence-corrected chi connectivity index (χ2v) is 6.81. The summed E-state index contributed by atoms with van der Waals surface area (Å²) >= 11 is 0. The molecule has 92 valence electrons. The van der Waals surface area contributed by atoms with Gasteiger partial charge in [0, 0.05) is 0 Å². The molecule has 1 aliphatic rings. The fourth-order valence-electron chi connectivity index (χ4n) is 2.08. The highest BCUT2D eigenvalue weighted by Gasteiger charge is 2.46. The van der Waals surface area contributed by atoms with Crippen molar-refractivity contribution in [2.75, 3.05) is 0 Å². The lowest BCUT2D eigenvalue weighted by Crippen LogP contribution is -2.45. The van der Waals surface area contributed by atoms with Crippen LogP contribution < -0.4 is 0 Å². The van der Waals surface area contributed by atoms with Gasteiger partial charge in [0.25, 0.3) is 0 Å². The van der Waals surface area contributed by atoms with Crippen LogP contribution in [-0.2, 0) is 14.3 Å². The van der Waals surface area contributed by atoms with Crippen LogP contribution in [0.5, 0.6) is 0 Å². The maximum atomic E-state index is 11.7. The van der Waals surface area contributed by atoms with Crippen LogP contribution in [0.25, 0.3) is 0 Å². The maximum absolute atomic E-state index is 11.7. The Morgan fingerprint density at radius 2 is 1.19 bits per heavy atom. The molecule has 1 saturated heterocycles. The number of hydrogen-bond acceptors (Lipinski definition) is 3. The van der Waals surface area contributed by atoms with E-state index in [1.54, 1.807) is 0 Å². The summed E-state index contributed by atoms with van der Waals surface area (Å²) in [5.74, 6) is -1.10.